The Morgan fingerprint density at radius 3 is 2.18 bits per heavy atom. The van der Waals surface area contributed by atoms with Crippen molar-refractivity contribution in [1.29, 1.82) is 0 Å². The number of aromatic carboxylic acids is 1. The third-order valence-electron chi connectivity index (χ3n) is 2.63. The minimum atomic E-state index is -0.937. The summed E-state index contributed by atoms with van der Waals surface area (Å²) in [5.41, 5.74) is 2.73. The monoisotopic (exact) mass is 230 g/mol. The second-order valence-electron chi connectivity index (χ2n) is 3.84. The quantitative estimate of drug-likeness (QED) is 0.857. The van der Waals surface area contributed by atoms with Gasteiger partial charge >= 0.3 is 5.97 Å². The van der Waals surface area contributed by atoms with Crippen LogP contribution in [0.15, 0.2) is 42.5 Å². The summed E-state index contributed by atoms with van der Waals surface area (Å²) in [5.74, 6) is -1.22. The lowest BCUT2D eigenvalue weighted by molar-refractivity contribution is 0.0696. The van der Waals surface area contributed by atoms with Crippen molar-refractivity contribution in [1.82, 2.24) is 0 Å². The normalized spacial score (nSPS) is 10.2. The zero-order valence-electron chi connectivity index (χ0n) is 9.27. The first-order valence-electron chi connectivity index (χ1n) is 5.18. The molecule has 17 heavy (non-hydrogen) atoms. The van der Waals surface area contributed by atoms with Gasteiger partial charge in [0.05, 0.1) is 5.56 Å². The summed E-state index contributed by atoms with van der Waals surface area (Å²) in [6.07, 6.45) is 0. The van der Waals surface area contributed by atoms with E-state index in [0.29, 0.717) is 5.56 Å². The minimum Gasteiger partial charge on any atom is -0.478 e. The number of benzene rings is 2. The molecule has 2 nitrogen and oxygen atoms in total. The highest BCUT2D eigenvalue weighted by atomic mass is 19.1. The first-order valence-corrected chi connectivity index (χ1v) is 5.18. The van der Waals surface area contributed by atoms with Crippen LogP contribution in [-0.4, -0.2) is 11.1 Å². The van der Waals surface area contributed by atoms with Gasteiger partial charge < -0.3 is 5.11 Å². The highest BCUT2D eigenvalue weighted by molar-refractivity contribution is 5.90. The summed E-state index contributed by atoms with van der Waals surface area (Å²) >= 11 is 0. The number of hydrogen-bond acceptors (Lipinski definition) is 1. The van der Waals surface area contributed by atoms with E-state index in [1.807, 2.05) is 0 Å². The Morgan fingerprint density at radius 2 is 1.65 bits per heavy atom. The third kappa shape index (κ3) is 2.33. The fraction of sp³-hybridized carbons (Fsp3) is 0.0714. The van der Waals surface area contributed by atoms with Crippen LogP contribution in [0.5, 0.6) is 0 Å². The van der Waals surface area contributed by atoms with E-state index in [1.165, 1.54) is 12.1 Å². The topological polar surface area (TPSA) is 37.3 Å². The summed E-state index contributed by atoms with van der Waals surface area (Å²) in [4.78, 5) is 10.9. The molecular formula is C14H11FO2. The first kappa shape index (κ1) is 11.3. The number of carboxylic acid groups (broad SMARTS) is 1. The van der Waals surface area contributed by atoms with Crippen LogP contribution in [0.25, 0.3) is 11.1 Å². The predicted octanol–water partition coefficient (Wildman–Crippen LogP) is 3.50. The Hall–Kier alpha value is -2.16. The minimum absolute atomic E-state index is 0.285. The zero-order valence-corrected chi connectivity index (χ0v) is 9.27. The second-order valence-corrected chi connectivity index (χ2v) is 3.84. The molecule has 0 radical (unpaired) electrons. The van der Waals surface area contributed by atoms with Crippen molar-refractivity contribution in [3.63, 3.8) is 0 Å². The molecular weight excluding hydrogens is 219 g/mol. The Labute approximate surface area is 98.3 Å². The molecule has 86 valence electrons. The number of aryl methyl sites for hydroxylation is 1. The summed E-state index contributed by atoms with van der Waals surface area (Å²) in [5, 5.41) is 8.91. The Bertz CT molecular complexity index is 559. The maximum absolute atomic E-state index is 12.8. The second kappa shape index (κ2) is 4.37. The molecule has 0 spiro atoms. The van der Waals surface area contributed by atoms with Crippen LogP contribution >= 0.6 is 0 Å². The van der Waals surface area contributed by atoms with E-state index in [0.717, 1.165) is 11.1 Å². The fourth-order valence-corrected chi connectivity index (χ4v) is 1.73. The summed E-state index contributed by atoms with van der Waals surface area (Å²) in [6, 6.07) is 11.2. The van der Waals surface area contributed by atoms with Gasteiger partial charge in [-0.3, -0.25) is 0 Å². The van der Waals surface area contributed by atoms with E-state index in [-0.39, 0.29) is 11.4 Å². The molecule has 0 saturated carbocycles. The van der Waals surface area contributed by atoms with Crippen LogP contribution in [0.3, 0.4) is 0 Å². The van der Waals surface area contributed by atoms with Crippen molar-refractivity contribution in [2.75, 3.05) is 0 Å². The summed E-state index contributed by atoms with van der Waals surface area (Å²) in [6.45, 7) is 1.75. The molecule has 3 heteroatoms. The van der Waals surface area contributed by atoms with Gasteiger partial charge in [0.2, 0.25) is 0 Å². The fourth-order valence-electron chi connectivity index (χ4n) is 1.73. The predicted molar refractivity (Wildman–Crippen MR) is 63.5 cm³/mol. The van der Waals surface area contributed by atoms with Crippen LogP contribution in [0.2, 0.25) is 0 Å². The van der Waals surface area contributed by atoms with E-state index in [9.17, 15) is 9.18 Å². The lowest BCUT2D eigenvalue weighted by atomic mass is 10.00. The van der Waals surface area contributed by atoms with Crippen molar-refractivity contribution < 1.29 is 14.3 Å². The molecule has 0 aliphatic rings. The first-order chi connectivity index (χ1) is 8.08. The standard InChI is InChI=1S/C14H11FO2/c1-9-8-11(4-7-13(9)14(16)17)10-2-5-12(15)6-3-10/h2-8H,1H3,(H,16,17). The van der Waals surface area contributed by atoms with Gasteiger partial charge in [-0.2, -0.15) is 0 Å². The van der Waals surface area contributed by atoms with Gasteiger partial charge in [-0.15, -0.1) is 0 Å². The summed E-state index contributed by atoms with van der Waals surface area (Å²) in [7, 11) is 0. The van der Waals surface area contributed by atoms with Crippen molar-refractivity contribution in [3.05, 3.63) is 59.4 Å². The van der Waals surface area contributed by atoms with Crippen molar-refractivity contribution in [3.8, 4) is 11.1 Å². The van der Waals surface area contributed by atoms with Crippen LogP contribution in [-0.2, 0) is 0 Å². The SMILES string of the molecule is Cc1cc(-c2ccc(F)cc2)ccc1C(=O)O. The number of carbonyl (C=O) groups is 1. The molecule has 2 aromatic rings. The maximum atomic E-state index is 12.8. The van der Waals surface area contributed by atoms with Crippen LogP contribution < -0.4 is 0 Å². The molecule has 2 rings (SSSR count). The molecule has 2 aromatic carbocycles. The van der Waals surface area contributed by atoms with Crippen molar-refractivity contribution in [2.45, 2.75) is 6.92 Å². The average molecular weight is 230 g/mol. The van der Waals surface area contributed by atoms with Crippen LogP contribution in [0.4, 0.5) is 4.39 Å². The maximum Gasteiger partial charge on any atom is 0.335 e. The molecule has 1 N–H and O–H groups in total. The van der Waals surface area contributed by atoms with E-state index < -0.39 is 5.97 Å². The molecule has 0 saturated heterocycles. The number of hydrogen-bond donors (Lipinski definition) is 1. The smallest absolute Gasteiger partial charge is 0.335 e. The van der Waals surface area contributed by atoms with Crippen molar-refractivity contribution >= 4 is 5.97 Å². The van der Waals surface area contributed by atoms with Crippen molar-refractivity contribution in [2.24, 2.45) is 0 Å². The number of carboxylic acids is 1. The van der Waals surface area contributed by atoms with Crippen LogP contribution in [0, 0.1) is 12.7 Å². The van der Waals surface area contributed by atoms with Gasteiger partial charge in [0, 0.05) is 0 Å². The molecule has 0 aliphatic carbocycles. The molecule has 0 heterocycles. The molecule has 0 amide bonds. The van der Waals surface area contributed by atoms with Gasteiger partial charge in [0.1, 0.15) is 5.82 Å². The van der Waals surface area contributed by atoms with Gasteiger partial charge in [-0.1, -0.05) is 24.3 Å². The third-order valence-corrected chi connectivity index (χ3v) is 2.63. The van der Waals surface area contributed by atoms with E-state index in [4.69, 9.17) is 5.11 Å². The lowest BCUT2D eigenvalue weighted by Crippen LogP contribution is -1.99. The van der Waals surface area contributed by atoms with Gasteiger partial charge in [0.25, 0.3) is 0 Å². The largest absolute Gasteiger partial charge is 0.478 e. The summed E-state index contributed by atoms with van der Waals surface area (Å²) < 4.78 is 12.8. The lowest BCUT2D eigenvalue weighted by Gasteiger charge is -2.05. The van der Waals surface area contributed by atoms with E-state index in [2.05, 4.69) is 0 Å². The van der Waals surface area contributed by atoms with E-state index in [1.54, 1.807) is 37.3 Å². The molecule has 0 aliphatic heterocycles. The van der Waals surface area contributed by atoms with Gasteiger partial charge in [0.15, 0.2) is 0 Å². The number of rotatable bonds is 2. The zero-order chi connectivity index (χ0) is 12.4. The highest BCUT2D eigenvalue weighted by Gasteiger charge is 2.07. The molecule has 0 aromatic heterocycles. The molecule has 0 unspecified atom stereocenters. The van der Waals surface area contributed by atoms with Crippen LogP contribution in [0.1, 0.15) is 15.9 Å². The molecule has 0 fully saturated rings. The Morgan fingerprint density at radius 1 is 1.06 bits per heavy atom. The Kier molecular flexibility index (Phi) is 2.91. The van der Waals surface area contributed by atoms with E-state index >= 15 is 0 Å². The van der Waals surface area contributed by atoms with Gasteiger partial charge in [-0.25, -0.2) is 9.18 Å². The Balaban J connectivity index is 2.44. The molecule has 0 bridgehead atoms. The van der Waals surface area contributed by atoms with Gasteiger partial charge in [-0.05, 0) is 41.8 Å². The highest BCUT2D eigenvalue weighted by Crippen LogP contribution is 2.22. The number of halogens is 1. The molecule has 0 atom stereocenters. The average Bonchev–Trinajstić information content (AvgIpc) is 2.29.